The highest BCUT2D eigenvalue weighted by molar-refractivity contribution is 5.89. The minimum absolute atomic E-state index is 0.104. The number of nitrogens with one attached hydrogen (secondary N) is 1. The Kier molecular flexibility index (Phi) is 4.71. The van der Waals surface area contributed by atoms with Crippen molar-refractivity contribution < 1.29 is 14.3 Å². The van der Waals surface area contributed by atoms with Crippen molar-refractivity contribution in [2.24, 2.45) is 5.92 Å². The lowest BCUT2D eigenvalue weighted by Crippen LogP contribution is -2.48. The van der Waals surface area contributed by atoms with Crippen LogP contribution in [-0.4, -0.2) is 24.0 Å². The summed E-state index contributed by atoms with van der Waals surface area (Å²) < 4.78 is 5.09. The zero-order valence-electron chi connectivity index (χ0n) is 14.1. The zero-order chi connectivity index (χ0) is 17.9. The van der Waals surface area contributed by atoms with Crippen LogP contribution in [0.4, 0.5) is 0 Å². The molecule has 0 aromatic heterocycles. The Morgan fingerprint density at radius 3 is 2.68 bits per heavy atom. The van der Waals surface area contributed by atoms with Crippen molar-refractivity contribution in [2.75, 3.05) is 6.61 Å². The topological polar surface area (TPSA) is 79.2 Å². The molecule has 25 heavy (non-hydrogen) atoms. The molecule has 3 rings (SSSR count). The van der Waals surface area contributed by atoms with Crippen molar-refractivity contribution in [2.45, 2.75) is 31.7 Å². The van der Waals surface area contributed by atoms with Crippen LogP contribution in [0, 0.1) is 17.2 Å². The van der Waals surface area contributed by atoms with Crippen LogP contribution in [0.25, 0.3) is 10.8 Å². The van der Waals surface area contributed by atoms with Crippen LogP contribution in [0.1, 0.15) is 25.3 Å². The van der Waals surface area contributed by atoms with Crippen molar-refractivity contribution >= 4 is 22.6 Å². The van der Waals surface area contributed by atoms with Gasteiger partial charge in [0.15, 0.2) is 6.61 Å². The Morgan fingerprint density at radius 1 is 1.24 bits per heavy atom. The Labute approximate surface area is 146 Å². The van der Waals surface area contributed by atoms with Crippen molar-refractivity contribution in [3.05, 3.63) is 48.0 Å². The minimum Gasteiger partial charge on any atom is -0.455 e. The predicted molar refractivity (Wildman–Crippen MR) is 93.5 cm³/mol. The predicted octanol–water partition coefficient (Wildman–Crippen LogP) is 2.73. The molecule has 1 saturated carbocycles. The number of fused-ring (bicyclic) bond motifs is 1. The molecule has 2 aromatic rings. The lowest BCUT2D eigenvalue weighted by molar-refractivity contribution is -0.148. The number of carbonyl (C=O) groups excluding carboxylic acids is 2. The molecule has 0 radical (unpaired) electrons. The highest BCUT2D eigenvalue weighted by Gasteiger charge is 2.43. The Morgan fingerprint density at radius 2 is 1.96 bits per heavy atom. The number of esters is 1. The van der Waals surface area contributed by atoms with E-state index in [4.69, 9.17) is 4.74 Å². The average molecular weight is 336 g/mol. The van der Waals surface area contributed by atoms with Gasteiger partial charge < -0.3 is 10.1 Å². The van der Waals surface area contributed by atoms with Gasteiger partial charge in [-0.2, -0.15) is 5.26 Å². The van der Waals surface area contributed by atoms with E-state index in [1.807, 2.05) is 42.5 Å². The minimum atomic E-state index is -0.876. The molecule has 0 aliphatic heterocycles. The first-order valence-corrected chi connectivity index (χ1v) is 8.36. The molecular formula is C20H20N2O3. The van der Waals surface area contributed by atoms with Gasteiger partial charge in [-0.25, -0.2) is 0 Å². The van der Waals surface area contributed by atoms with Gasteiger partial charge in [0.1, 0.15) is 5.54 Å². The third kappa shape index (κ3) is 3.97. The van der Waals surface area contributed by atoms with E-state index in [1.54, 1.807) is 6.92 Å². The first-order valence-electron chi connectivity index (χ1n) is 8.36. The fourth-order valence-electron chi connectivity index (χ4n) is 3.01. The zero-order valence-corrected chi connectivity index (χ0v) is 14.1. The maximum atomic E-state index is 12.1. The van der Waals surface area contributed by atoms with Gasteiger partial charge in [-0.15, -0.1) is 0 Å². The number of carbonyl (C=O) groups is 2. The number of ether oxygens (including phenoxy) is 1. The number of amides is 1. The molecule has 5 nitrogen and oxygen atoms in total. The average Bonchev–Trinajstić information content (AvgIpc) is 3.46. The van der Waals surface area contributed by atoms with Gasteiger partial charge >= 0.3 is 5.97 Å². The largest absolute Gasteiger partial charge is 0.455 e. The summed E-state index contributed by atoms with van der Waals surface area (Å²) in [5, 5.41) is 14.0. The van der Waals surface area contributed by atoms with Crippen LogP contribution in [-0.2, 0) is 20.7 Å². The van der Waals surface area contributed by atoms with Crippen LogP contribution < -0.4 is 5.32 Å². The lowest BCUT2D eigenvalue weighted by Gasteiger charge is -2.22. The Bertz CT molecular complexity index is 846. The molecule has 1 aliphatic carbocycles. The molecule has 0 unspecified atom stereocenters. The third-order valence-corrected chi connectivity index (χ3v) is 4.60. The van der Waals surface area contributed by atoms with Gasteiger partial charge in [0, 0.05) is 0 Å². The fraction of sp³-hybridized carbons (Fsp3) is 0.350. The second-order valence-electron chi connectivity index (χ2n) is 6.61. The summed E-state index contributed by atoms with van der Waals surface area (Å²) in [6.07, 6.45) is 1.98. The van der Waals surface area contributed by atoms with Gasteiger partial charge in [0.25, 0.3) is 5.91 Å². The summed E-state index contributed by atoms with van der Waals surface area (Å²) in [7, 11) is 0. The van der Waals surface area contributed by atoms with Crippen LogP contribution in [0.15, 0.2) is 42.5 Å². The SMILES string of the molecule is C[C@@](C#N)(NC(=O)COC(=O)Cc1cccc2ccccc12)C1CC1. The molecule has 0 heterocycles. The van der Waals surface area contributed by atoms with Gasteiger partial charge in [-0.05, 0) is 42.0 Å². The van der Waals surface area contributed by atoms with Gasteiger partial charge in [-0.3, -0.25) is 9.59 Å². The Hall–Kier alpha value is -2.87. The van der Waals surface area contributed by atoms with Crippen molar-refractivity contribution in [1.82, 2.24) is 5.32 Å². The summed E-state index contributed by atoms with van der Waals surface area (Å²) in [5.74, 6) is -0.716. The monoisotopic (exact) mass is 336 g/mol. The van der Waals surface area contributed by atoms with Crippen molar-refractivity contribution in [3.63, 3.8) is 0 Å². The highest BCUT2D eigenvalue weighted by Crippen LogP contribution is 2.39. The van der Waals surface area contributed by atoms with E-state index in [0.29, 0.717) is 0 Å². The molecule has 1 atom stereocenters. The van der Waals surface area contributed by atoms with Crippen LogP contribution in [0.5, 0.6) is 0 Å². The summed E-state index contributed by atoms with van der Waals surface area (Å²) in [6, 6.07) is 15.7. The summed E-state index contributed by atoms with van der Waals surface area (Å²) in [4.78, 5) is 24.1. The number of benzene rings is 2. The molecule has 0 saturated heterocycles. The third-order valence-electron chi connectivity index (χ3n) is 4.60. The molecule has 0 bridgehead atoms. The number of hydrogen-bond acceptors (Lipinski definition) is 4. The number of rotatable bonds is 6. The molecule has 1 amide bonds. The van der Waals surface area contributed by atoms with E-state index in [1.165, 1.54) is 0 Å². The van der Waals surface area contributed by atoms with Gasteiger partial charge in [0.05, 0.1) is 12.5 Å². The van der Waals surface area contributed by atoms with E-state index in [9.17, 15) is 14.9 Å². The Balaban J connectivity index is 1.56. The molecule has 1 fully saturated rings. The lowest BCUT2D eigenvalue weighted by atomic mass is 9.98. The van der Waals surface area contributed by atoms with Gasteiger partial charge in [0.2, 0.25) is 0 Å². The second-order valence-corrected chi connectivity index (χ2v) is 6.61. The quantitative estimate of drug-likeness (QED) is 0.823. The van der Waals surface area contributed by atoms with E-state index >= 15 is 0 Å². The van der Waals surface area contributed by atoms with E-state index in [-0.39, 0.29) is 18.9 Å². The molecule has 128 valence electrons. The molecule has 0 spiro atoms. The van der Waals surface area contributed by atoms with Crippen molar-refractivity contribution in [3.8, 4) is 6.07 Å². The molecule has 2 aromatic carbocycles. The highest BCUT2D eigenvalue weighted by atomic mass is 16.5. The molecule has 1 N–H and O–H groups in total. The summed E-state index contributed by atoms with van der Waals surface area (Å²) in [5.41, 5.74) is -0.0117. The van der Waals surface area contributed by atoms with Crippen LogP contribution in [0.3, 0.4) is 0 Å². The number of hydrogen-bond donors (Lipinski definition) is 1. The normalized spacial score (nSPS) is 15.8. The van der Waals surface area contributed by atoms with Crippen LogP contribution >= 0.6 is 0 Å². The van der Waals surface area contributed by atoms with Gasteiger partial charge in [-0.1, -0.05) is 42.5 Å². The molecule has 1 aliphatic rings. The van der Waals surface area contributed by atoms with Crippen molar-refractivity contribution in [1.29, 1.82) is 5.26 Å². The van der Waals surface area contributed by atoms with E-state index < -0.39 is 17.4 Å². The first-order chi connectivity index (χ1) is 12.0. The van der Waals surface area contributed by atoms with E-state index in [2.05, 4.69) is 11.4 Å². The van der Waals surface area contributed by atoms with E-state index in [0.717, 1.165) is 29.2 Å². The number of nitriles is 1. The summed E-state index contributed by atoms with van der Waals surface area (Å²) in [6.45, 7) is 1.34. The first kappa shape index (κ1) is 17.0. The molecule has 5 heteroatoms. The second kappa shape index (κ2) is 6.94. The number of nitrogens with zero attached hydrogens (tertiary/aromatic N) is 1. The standard InChI is InChI=1S/C20H20N2O3/c1-20(13-21,16-9-10-16)22-18(23)12-25-19(24)11-15-7-4-6-14-5-2-3-8-17(14)15/h2-8,16H,9-12H2,1H3,(H,22,23)/t20-/m0/s1. The smallest absolute Gasteiger partial charge is 0.310 e. The maximum absolute atomic E-state index is 12.1. The fourth-order valence-corrected chi connectivity index (χ4v) is 3.01. The van der Waals surface area contributed by atoms with Crippen LogP contribution in [0.2, 0.25) is 0 Å². The maximum Gasteiger partial charge on any atom is 0.310 e. The summed E-state index contributed by atoms with van der Waals surface area (Å²) >= 11 is 0. The molecular weight excluding hydrogens is 316 g/mol.